The first kappa shape index (κ1) is 15.6. The smallest absolute Gasteiger partial charge is 0.287 e. The van der Waals surface area contributed by atoms with Gasteiger partial charge in [0.2, 0.25) is 0 Å². The molecule has 0 aliphatic heterocycles. The standard InChI is InChI=1S/C17H25NO4/c1-3-21-15-10-14(17(15)8-4-5-9-17)18-16(19)13-7-6-12(22-13)11-20-2/h6-7,14-15H,3-5,8-11H2,1-2H3,(H,18,19)/t14-,15-/m0/s1. The summed E-state index contributed by atoms with van der Waals surface area (Å²) in [5.74, 6) is 0.901. The van der Waals surface area contributed by atoms with Gasteiger partial charge < -0.3 is 19.2 Å². The Labute approximate surface area is 131 Å². The van der Waals surface area contributed by atoms with Crippen LogP contribution in [0.4, 0.5) is 0 Å². The summed E-state index contributed by atoms with van der Waals surface area (Å²) in [7, 11) is 1.61. The van der Waals surface area contributed by atoms with Crippen LogP contribution in [-0.2, 0) is 16.1 Å². The molecule has 1 spiro atoms. The summed E-state index contributed by atoms with van der Waals surface area (Å²) in [4.78, 5) is 12.4. The molecule has 3 rings (SSSR count). The molecule has 1 heterocycles. The number of carbonyl (C=O) groups is 1. The van der Waals surface area contributed by atoms with Crippen LogP contribution in [0.25, 0.3) is 0 Å². The van der Waals surface area contributed by atoms with Crippen molar-refractivity contribution in [3.05, 3.63) is 23.7 Å². The predicted octanol–water partition coefficient (Wildman–Crippen LogP) is 2.89. The van der Waals surface area contributed by atoms with Gasteiger partial charge in [0.25, 0.3) is 5.91 Å². The molecule has 5 heteroatoms. The average molecular weight is 307 g/mol. The summed E-state index contributed by atoms with van der Waals surface area (Å²) in [6, 6.07) is 3.70. The summed E-state index contributed by atoms with van der Waals surface area (Å²) >= 11 is 0. The maximum Gasteiger partial charge on any atom is 0.287 e. The second kappa shape index (κ2) is 6.42. The molecule has 2 saturated carbocycles. The predicted molar refractivity (Wildman–Crippen MR) is 81.6 cm³/mol. The van der Waals surface area contributed by atoms with Crippen LogP contribution in [0.3, 0.4) is 0 Å². The lowest BCUT2D eigenvalue weighted by atomic mass is 9.60. The first-order valence-corrected chi connectivity index (χ1v) is 8.19. The van der Waals surface area contributed by atoms with E-state index in [2.05, 4.69) is 5.32 Å². The van der Waals surface area contributed by atoms with Crippen LogP contribution >= 0.6 is 0 Å². The maximum atomic E-state index is 12.4. The van der Waals surface area contributed by atoms with Crippen LogP contribution in [0.15, 0.2) is 16.5 Å². The Bertz CT molecular complexity index is 518. The topological polar surface area (TPSA) is 60.7 Å². The number of furan rings is 1. The fraction of sp³-hybridized carbons (Fsp3) is 0.706. The molecule has 1 amide bonds. The highest BCUT2D eigenvalue weighted by Crippen LogP contribution is 2.54. The zero-order chi connectivity index (χ0) is 15.6. The Kier molecular flexibility index (Phi) is 4.54. The minimum atomic E-state index is -0.131. The van der Waals surface area contributed by atoms with Crippen molar-refractivity contribution >= 4 is 5.91 Å². The van der Waals surface area contributed by atoms with Crippen molar-refractivity contribution < 1.29 is 18.7 Å². The van der Waals surface area contributed by atoms with E-state index in [9.17, 15) is 4.79 Å². The van der Waals surface area contributed by atoms with E-state index in [1.807, 2.05) is 6.92 Å². The van der Waals surface area contributed by atoms with Crippen molar-refractivity contribution in [3.63, 3.8) is 0 Å². The van der Waals surface area contributed by atoms with Gasteiger partial charge in [-0.05, 0) is 38.3 Å². The van der Waals surface area contributed by atoms with Gasteiger partial charge in [-0.15, -0.1) is 0 Å². The highest BCUT2D eigenvalue weighted by molar-refractivity contribution is 5.91. The van der Waals surface area contributed by atoms with Gasteiger partial charge in [0.15, 0.2) is 5.76 Å². The summed E-state index contributed by atoms with van der Waals surface area (Å²) in [5, 5.41) is 3.16. The van der Waals surface area contributed by atoms with E-state index >= 15 is 0 Å². The molecule has 122 valence electrons. The molecule has 1 N–H and O–H groups in total. The third kappa shape index (κ3) is 2.68. The first-order chi connectivity index (χ1) is 10.7. The molecule has 0 bridgehead atoms. The van der Waals surface area contributed by atoms with Crippen LogP contribution in [0.5, 0.6) is 0 Å². The highest BCUT2D eigenvalue weighted by Gasteiger charge is 2.57. The monoisotopic (exact) mass is 307 g/mol. The van der Waals surface area contributed by atoms with Crippen molar-refractivity contribution in [2.45, 2.75) is 57.8 Å². The normalized spacial score (nSPS) is 26.1. The van der Waals surface area contributed by atoms with Gasteiger partial charge in [-0.3, -0.25) is 4.79 Å². The Hall–Kier alpha value is -1.33. The Morgan fingerprint density at radius 3 is 2.86 bits per heavy atom. The Morgan fingerprint density at radius 1 is 1.41 bits per heavy atom. The summed E-state index contributed by atoms with van der Waals surface area (Å²) in [6.45, 7) is 3.16. The molecule has 2 atom stereocenters. The van der Waals surface area contributed by atoms with E-state index in [1.165, 1.54) is 12.8 Å². The largest absolute Gasteiger partial charge is 0.453 e. The third-order valence-electron chi connectivity index (χ3n) is 5.16. The van der Waals surface area contributed by atoms with Gasteiger partial charge in [-0.1, -0.05) is 12.8 Å². The lowest BCUT2D eigenvalue weighted by Crippen LogP contribution is -2.63. The molecular weight excluding hydrogens is 282 g/mol. The molecule has 2 fully saturated rings. The lowest BCUT2D eigenvalue weighted by molar-refractivity contribution is -0.127. The minimum absolute atomic E-state index is 0.131. The van der Waals surface area contributed by atoms with Gasteiger partial charge in [-0.2, -0.15) is 0 Å². The zero-order valence-corrected chi connectivity index (χ0v) is 13.4. The van der Waals surface area contributed by atoms with Crippen molar-refractivity contribution in [1.82, 2.24) is 5.32 Å². The summed E-state index contributed by atoms with van der Waals surface area (Å²) in [5.41, 5.74) is 0.146. The molecule has 1 aromatic heterocycles. The lowest BCUT2D eigenvalue weighted by Gasteiger charge is -2.53. The van der Waals surface area contributed by atoms with Gasteiger partial charge >= 0.3 is 0 Å². The van der Waals surface area contributed by atoms with Crippen molar-refractivity contribution in [2.75, 3.05) is 13.7 Å². The Balaban J connectivity index is 1.63. The van der Waals surface area contributed by atoms with E-state index in [0.29, 0.717) is 24.2 Å². The zero-order valence-electron chi connectivity index (χ0n) is 13.4. The van der Waals surface area contributed by atoms with E-state index in [-0.39, 0.29) is 17.4 Å². The summed E-state index contributed by atoms with van der Waals surface area (Å²) < 4.78 is 16.4. The maximum absolute atomic E-state index is 12.4. The molecule has 1 aromatic rings. The number of nitrogens with one attached hydrogen (secondary N) is 1. The number of hydrogen-bond donors (Lipinski definition) is 1. The summed E-state index contributed by atoms with van der Waals surface area (Å²) in [6.07, 6.45) is 5.96. The second-order valence-electron chi connectivity index (χ2n) is 6.34. The third-order valence-corrected chi connectivity index (χ3v) is 5.16. The fourth-order valence-electron chi connectivity index (χ4n) is 4.04. The number of hydrogen-bond acceptors (Lipinski definition) is 4. The number of ether oxygens (including phenoxy) is 2. The molecule has 0 radical (unpaired) electrons. The number of methoxy groups -OCH3 is 1. The van der Waals surface area contributed by atoms with Gasteiger partial charge in [-0.25, -0.2) is 0 Å². The van der Waals surface area contributed by atoms with Gasteiger partial charge in [0, 0.05) is 25.2 Å². The van der Waals surface area contributed by atoms with Crippen LogP contribution in [0.1, 0.15) is 55.3 Å². The van der Waals surface area contributed by atoms with E-state index < -0.39 is 0 Å². The molecular formula is C17H25NO4. The van der Waals surface area contributed by atoms with E-state index in [1.54, 1.807) is 19.2 Å². The van der Waals surface area contributed by atoms with Gasteiger partial charge in [0.05, 0.1) is 6.10 Å². The molecule has 2 aliphatic rings. The number of carbonyl (C=O) groups excluding carboxylic acids is 1. The molecule has 22 heavy (non-hydrogen) atoms. The number of amides is 1. The van der Waals surface area contributed by atoms with Crippen molar-refractivity contribution in [1.29, 1.82) is 0 Å². The molecule has 0 saturated heterocycles. The van der Waals surface area contributed by atoms with Crippen LogP contribution < -0.4 is 5.32 Å². The van der Waals surface area contributed by atoms with E-state index in [4.69, 9.17) is 13.9 Å². The average Bonchev–Trinajstić information content (AvgIpc) is 3.17. The van der Waals surface area contributed by atoms with Crippen LogP contribution in [-0.4, -0.2) is 31.8 Å². The molecule has 0 aromatic carbocycles. The molecule has 0 unspecified atom stereocenters. The van der Waals surface area contributed by atoms with Crippen molar-refractivity contribution in [2.24, 2.45) is 5.41 Å². The molecule has 2 aliphatic carbocycles. The number of rotatable bonds is 6. The van der Waals surface area contributed by atoms with Crippen LogP contribution in [0, 0.1) is 5.41 Å². The highest BCUT2D eigenvalue weighted by atomic mass is 16.5. The second-order valence-corrected chi connectivity index (χ2v) is 6.34. The molecule has 5 nitrogen and oxygen atoms in total. The van der Waals surface area contributed by atoms with Crippen LogP contribution in [0.2, 0.25) is 0 Å². The first-order valence-electron chi connectivity index (χ1n) is 8.19. The van der Waals surface area contributed by atoms with Crippen molar-refractivity contribution in [3.8, 4) is 0 Å². The Morgan fingerprint density at radius 2 is 2.18 bits per heavy atom. The quantitative estimate of drug-likeness (QED) is 0.878. The van der Waals surface area contributed by atoms with Gasteiger partial charge in [0.1, 0.15) is 12.4 Å². The van der Waals surface area contributed by atoms with E-state index in [0.717, 1.165) is 25.9 Å². The fourth-order valence-corrected chi connectivity index (χ4v) is 4.04. The minimum Gasteiger partial charge on any atom is -0.453 e. The SMILES string of the molecule is CCO[C@H]1C[C@H](NC(=O)c2ccc(COC)o2)C12CCCC2.